The van der Waals surface area contributed by atoms with E-state index >= 15 is 0 Å². The van der Waals surface area contributed by atoms with Crippen LogP contribution in [0.4, 0.5) is 4.39 Å². The van der Waals surface area contributed by atoms with E-state index in [2.05, 4.69) is 15.9 Å². The quantitative estimate of drug-likeness (QED) is 0.619. The molecule has 12 heavy (non-hydrogen) atoms. The minimum Gasteiger partial charge on any atom is -0.207 e. The Morgan fingerprint density at radius 3 is 2.67 bits per heavy atom. The molecule has 0 amide bonds. The number of alkyl halides is 1. The molecule has 0 saturated carbocycles. The Bertz CT molecular complexity index is 294. The van der Waals surface area contributed by atoms with Crippen molar-refractivity contribution in [3.05, 3.63) is 34.1 Å². The van der Waals surface area contributed by atoms with Gasteiger partial charge in [-0.25, -0.2) is 4.39 Å². The molecule has 0 aromatic heterocycles. The van der Waals surface area contributed by atoms with E-state index < -0.39 is 0 Å². The van der Waals surface area contributed by atoms with Crippen LogP contribution in [0.25, 0.3) is 0 Å². The number of hydrogen-bond donors (Lipinski definition) is 0. The lowest BCUT2D eigenvalue weighted by Crippen LogP contribution is -1.93. The van der Waals surface area contributed by atoms with Crippen molar-refractivity contribution in [3.63, 3.8) is 0 Å². The van der Waals surface area contributed by atoms with Crippen molar-refractivity contribution in [2.45, 2.75) is 17.7 Å². The van der Waals surface area contributed by atoms with Crippen LogP contribution in [0, 0.1) is 5.82 Å². The van der Waals surface area contributed by atoms with Crippen molar-refractivity contribution in [2.24, 2.45) is 0 Å². The SMILES string of the molecule is Fc1ccc(Cl)c2c1CC(Br)C2. The number of benzene rings is 1. The van der Waals surface area contributed by atoms with Crippen LogP contribution in [0.1, 0.15) is 11.1 Å². The summed E-state index contributed by atoms with van der Waals surface area (Å²) in [6, 6.07) is 3.06. The minimum atomic E-state index is -0.128. The fraction of sp³-hybridized carbons (Fsp3) is 0.333. The summed E-state index contributed by atoms with van der Waals surface area (Å²) in [5.74, 6) is -0.128. The summed E-state index contributed by atoms with van der Waals surface area (Å²) in [6.45, 7) is 0. The summed E-state index contributed by atoms with van der Waals surface area (Å²) in [4.78, 5) is 0.349. The van der Waals surface area contributed by atoms with E-state index in [1.807, 2.05) is 0 Å². The molecule has 1 aromatic rings. The zero-order chi connectivity index (χ0) is 8.72. The molecular weight excluding hydrogens is 242 g/mol. The Kier molecular flexibility index (Phi) is 2.13. The molecule has 3 heteroatoms. The predicted molar refractivity (Wildman–Crippen MR) is 51.5 cm³/mol. The van der Waals surface area contributed by atoms with Gasteiger partial charge in [0, 0.05) is 9.85 Å². The van der Waals surface area contributed by atoms with Gasteiger partial charge < -0.3 is 0 Å². The Morgan fingerprint density at radius 2 is 2.00 bits per heavy atom. The molecule has 1 aliphatic rings. The topological polar surface area (TPSA) is 0 Å². The lowest BCUT2D eigenvalue weighted by atomic mass is 10.1. The third-order valence-corrected chi connectivity index (χ3v) is 3.17. The third-order valence-electron chi connectivity index (χ3n) is 2.17. The molecule has 0 spiro atoms. The normalized spacial score (nSPS) is 21.1. The number of rotatable bonds is 0. The highest BCUT2D eigenvalue weighted by Crippen LogP contribution is 2.33. The van der Waals surface area contributed by atoms with E-state index in [9.17, 15) is 4.39 Å². The van der Waals surface area contributed by atoms with Gasteiger partial charge in [0.1, 0.15) is 5.82 Å². The predicted octanol–water partition coefficient (Wildman–Crippen LogP) is 3.34. The Labute approximate surface area is 83.9 Å². The minimum absolute atomic E-state index is 0.128. The van der Waals surface area contributed by atoms with Gasteiger partial charge in [-0.15, -0.1) is 0 Å². The first-order chi connectivity index (χ1) is 5.68. The Hall–Kier alpha value is -0.0800. The molecular formula is C9H7BrClF. The molecule has 64 valence electrons. The monoisotopic (exact) mass is 248 g/mol. The van der Waals surface area contributed by atoms with Crippen molar-refractivity contribution < 1.29 is 4.39 Å². The van der Waals surface area contributed by atoms with Gasteiger partial charge in [0.05, 0.1) is 0 Å². The van der Waals surface area contributed by atoms with E-state index in [1.54, 1.807) is 6.07 Å². The van der Waals surface area contributed by atoms with E-state index in [1.165, 1.54) is 6.07 Å². The summed E-state index contributed by atoms with van der Waals surface area (Å²) in [6.07, 6.45) is 1.59. The zero-order valence-electron chi connectivity index (χ0n) is 6.28. The summed E-state index contributed by atoms with van der Waals surface area (Å²) < 4.78 is 13.2. The first kappa shape index (κ1) is 8.52. The maximum atomic E-state index is 13.2. The third kappa shape index (κ3) is 1.27. The number of fused-ring (bicyclic) bond motifs is 1. The van der Waals surface area contributed by atoms with Gasteiger partial charge in [-0.05, 0) is 36.1 Å². The van der Waals surface area contributed by atoms with Gasteiger partial charge in [-0.1, -0.05) is 27.5 Å². The lowest BCUT2D eigenvalue weighted by Gasteiger charge is -2.01. The summed E-state index contributed by atoms with van der Waals surface area (Å²) in [5, 5.41) is 0.688. The standard InChI is InChI=1S/C9H7BrClF/c10-5-3-6-7(4-5)9(12)2-1-8(6)11/h1-2,5H,3-4H2. The van der Waals surface area contributed by atoms with Crippen molar-refractivity contribution in [3.8, 4) is 0 Å². The van der Waals surface area contributed by atoms with Crippen LogP contribution in [-0.2, 0) is 12.8 Å². The van der Waals surface area contributed by atoms with Crippen molar-refractivity contribution in [2.75, 3.05) is 0 Å². The molecule has 0 N–H and O–H groups in total. The fourth-order valence-corrected chi connectivity index (χ4v) is 2.49. The number of halogens is 3. The van der Waals surface area contributed by atoms with Crippen molar-refractivity contribution in [1.29, 1.82) is 0 Å². The molecule has 1 atom stereocenters. The van der Waals surface area contributed by atoms with Gasteiger partial charge in [-0.3, -0.25) is 0 Å². The summed E-state index contributed by atoms with van der Waals surface area (Å²) in [7, 11) is 0. The molecule has 1 aromatic carbocycles. The maximum Gasteiger partial charge on any atom is 0.126 e. The van der Waals surface area contributed by atoms with Crippen LogP contribution in [-0.4, -0.2) is 4.83 Å². The second kappa shape index (κ2) is 3.00. The van der Waals surface area contributed by atoms with Gasteiger partial charge in [0.2, 0.25) is 0 Å². The molecule has 0 nitrogen and oxygen atoms in total. The molecule has 0 radical (unpaired) electrons. The van der Waals surface area contributed by atoms with E-state index in [-0.39, 0.29) is 5.82 Å². The maximum absolute atomic E-state index is 13.2. The molecule has 0 heterocycles. The van der Waals surface area contributed by atoms with Crippen molar-refractivity contribution in [1.82, 2.24) is 0 Å². The van der Waals surface area contributed by atoms with E-state index in [0.29, 0.717) is 9.85 Å². The smallest absolute Gasteiger partial charge is 0.126 e. The highest BCUT2D eigenvalue weighted by molar-refractivity contribution is 9.09. The number of hydrogen-bond acceptors (Lipinski definition) is 0. The average Bonchev–Trinajstić information content (AvgIpc) is 2.41. The van der Waals surface area contributed by atoms with Gasteiger partial charge in [0.25, 0.3) is 0 Å². The van der Waals surface area contributed by atoms with Crippen LogP contribution in [0.2, 0.25) is 5.02 Å². The highest BCUT2D eigenvalue weighted by atomic mass is 79.9. The van der Waals surface area contributed by atoms with Crippen LogP contribution in [0.15, 0.2) is 12.1 Å². The molecule has 0 bridgehead atoms. The van der Waals surface area contributed by atoms with Crippen LogP contribution >= 0.6 is 27.5 Å². The van der Waals surface area contributed by atoms with Crippen LogP contribution in [0.5, 0.6) is 0 Å². The van der Waals surface area contributed by atoms with Gasteiger partial charge in [0.15, 0.2) is 0 Å². The second-order valence-corrected chi connectivity index (χ2v) is 4.69. The molecule has 2 rings (SSSR count). The van der Waals surface area contributed by atoms with Crippen LogP contribution in [0.3, 0.4) is 0 Å². The Morgan fingerprint density at radius 1 is 1.33 bits per heavy atom. The van der Waals surface area contributed by atoms with Crippen LogP contribution < -0.4 is 0 Å². The van der Waals surface area contributed by atoms with Gasteiger partial charge >= 0.3 is 0 Å². The summed E-state index contributed by atoms with van der Waals surface area (Å²) in [5.41, 5.74) is 1.75. The highest BCUT2D eigenvalue weighted by Gasteiger charge is 2.24. The molecule has 0 fully saturated rings. The largest absolute Gasteiger partial charge is 0.207 e. The summed E-state index contributed by atoms with van der Waals surface area (Å²) >= 11 is 9.38. The molecule has 1 unspecified atom stereocenters. The first-order valence-electron chi connectivity index (χ1n) is 3.78. The van der Waals surface area contributed by atoms with Crippen molar-refractivity contribution >= 4 is 27.5 Å². The lowest BCUT2D eigenvalue weighted by molar-refractivity contribution is 0.613. The Balaban J connectivity index is 2.56. The zero-order valence-corrected chi connectivity index (χ0v) is 8.62. The first-order valence-corrected chi connectivity index (χ1v) is 5.07. The van der Waals surface area contributed by atoms with Gasteiger partial charge in [-0.2, -0.15) is 0 Å². The fourth-order valence-electron chi connectivity index (χ4n) is 1.59. The van der Waals surface area contributed by atoms with E-state index in [0.717, 1.165) is 24.0 Å². The molecule has 1 aliphatic carbocycles. The molecule has 0 aliphatic heterocycles. The molecule has 0 saturated heterocycles. The average molecular weight is 250 g/mol. The van der Waals surface area contributed by atoms with E-state index in [4.69, 9.17) is 11.6 Å². The second-order valence-electron chi connectivity index (χ2n) is 2.99.